The number of aromatic nitrogens is 3. The highest BCUT2D eigenvalue weighted by atomic mass is 16.1. The zero-order valence-electron chi connectivity index (χ0n) is 6.03. The van der Waals surface area contributed by atoms with Crippen LogP contribution in [0.25, 0.3) is 10.9 Å². The Morgan fingerprint density at radius 2 is 2.45 bits per heavy atom. The molecule has 0 aliphatic rings. The molecule has 4 nitrogen and oxygen atoms in total. The molecule has 11 heavy (non-hydrogen) atoms. The number of rotatable bonds is 0. The van der Waals surface area contributed by atoms with E-state index in [0.29, 0.717) is 5.39 Å². The Morgan fingerprint density at radius 3 is 3.18 bits per heavy atom. The summed E-state index contributed by atoms with van der Waals surface area (Å²) in [4.78, 5) is 11.1. The van der Waals surface area contributed by atoms with Crippen LogP contribution in [-0.2, 0) is 7.05 Å². The molecule has 0 unspecified atom stereocenters. The fourth-order valence-corrected chi connectivity index (χ4v) is 1.11. The molecule has 0 saturated carbocycles. The van der Waals surface area contributed by atoms with Crippen LogP contribution in [0.15, 0.2) is 23.3 Å². The fraction of sp³-hybridized carbons (Fsp3) is 0.143. The number of fused-ring (bicyclic) bond motifs is 1. The number of nitrogens with zero attached hydrogens (tertiary/aromatic N) is 2. The standard InChI is InChI=1S/C7H7N3O/c1-10-3-2-5-6(10)4-8-9-7(5)11/h2-4H,1H3,(H,9,11). The van der Waals surface area contributed by atoms with Crippen LogP contribution in [0.4, 0.5) is 0 Å². The monoisotopic (exact) mass is 149 g/mol. The number of aromatic amines is 1. The topological polar surface area (TPSA) is 50.7 Å². The third-order valence-corrected chi connectivity index (χ3v) is 1.72. The highest BCUT2D eigenvalue weighted by Gasteiger charge is 1.99. The molecule has 0 saturated heterocycles. The maximum atomic E-state index is 11.1. The maximum Gasteiger partial charge on any atom is 0.273 e. The summed E-state index contributed by atoms with van der Waals surface area (Å²) >= 11 is 0. The van der Waals surface area contributed by atoms with E-state index < -0.39 is 0 Å². The number of H-pyrrole nitrogens is 1. The van der Waals surface area contributed by atoms with Gasteiger partial charge in [-0.1, -0.05) is 0 Å². The summed E-state index contributed by atoms with van der Waals surface area (Å²) in [7, 11) is 1.88. The summed E-state index contributed by atoms with van der Waals surface area (Å²) in [6, 6.07) is 1.77. The third-order valence-electron chi connectivity index (χ3n) is 1.72. The van der Waals surface area contributed by atoms with Crippen LogP contribution in [-0.4, -0.2) is 14.8 Å². The van der Waals surface area contributed by atoms with Gasteiger partial charge in [-0.25, -0.2) is 5.10 Å². The lowest BCUT2D eigenvalue weighted by Crippen LogP contribution is -2.06. The molecular weight excluding hydrogens is 142 g/mol. The van der Waals surface area contributed by atoms with Crippen molar-refractivity contribution >= 4 is 10.9 Å². The van der Waals surface area contributed by atoms with Gasteiger partial charge in [0.15, 0.2) is 0 Å². The lowest BCUT2D eigenvalue weighted by atomic mass is 10.4. The smallest absolute Gasteiger partial charge is 0.273 e. The first-order valence-corrected chi connectivity index (χ1v) is 3.28. The average molecular weight is 149 g/mol. The van der Waals surface area contributed by atoms with Crippen molar-refractivity contribution in [2.24, 2.45) is 7.05 Å². The van der Waals surface area contributed by atoms with Crippen LogP contribution in [0, 0.1) is 0 Å². The average Bonchev–Trinajstić information content (AvgIpc) is 2.35. The molecule has 0 aromatic carbocycles. The summed E-state index contributed by atoms with van der Waals surface area (Å²) < 4.78 is 1.86. The van der Waals surface area contributed by atoms with Crippen LogP contribution >= 0.6 is 0 Å². The van der Waals surface area contributed by atoms with Gasteiger partial charge < -0.3 is 4.57 Å². The van der Waals surface area contributed by atoms with E-state index in [0.717, 1.165) is 5.52 Å². The normalized spacial score (nSPS) is 10.6. The minimum absolute atomic E-state index is 0.136. The predicted octanol–water partition coefficient (Wildman–Crippen LogP) is 0.262. The van der Waals surface area contributed by atoms with E-state index in [2.05, 4.69) is 10.2 Å². The molecule has 1 N–H and O–H groups in total. The van der Waals surface area contributed by atoms with Crippen molar-refractivity contribution in [2.75, 3.05) is 0 Å². The highest BCUT2D eigenvalue weighted by Crippen LogP contribution is 2.05. The summed E-state index contributed by atoms with van der Waals surface area (Å²) in [5.41, 5.74) is 0.719. The van der Waals surface area contributed by atoms with Crippen molar-refractivity contribution in [2.45, 2.75) is 0 Å². The second kappa shape index (κ2) is 1.95. The zero-order valence-corrected chi connectivity index (χ0v) is 6.03. The maximum absolute atomic E-state index is 11.1. The fourth-order valence-electron chi connectivity index (χ4n) is 1.11. The Balaban J connectivity index is 3.06. The van der Waals surface area contributed by atoms with Crippen molar-refractivity contribution in [3.8, 4) is 0 Å². The Kier molecular flexibility index (Phi) is 1.09. The summed E-state index contributed by atoms with van der Waals surface area (Å²) in [5.74, 6) is 0. The largest absolute Gasteiger partial charge is 0.349 e. The summed E-state index contributed by atoms with van der Waals surface area (Å²) in [6.07, 6.45) is 3.47. The van der Waals surface area contributed by atoms with E-state index in [1.807, 2.05) is 17.8 Å². The SMILES string of the molecule is Cn1ccc2c(=O)[nH]ncc21. The second-order valence-corrected chi connectivity index (χ2v) is 2.42. The molecular formula is C7H7N3O. The van der Waals surface area contributed by atoms with Crippen molar-refractivity contribution < 1.29 is 0 Å². The molecule has 0 aliphatic carbocycles. The molecule has 0 aliphatic heterocycles. The first-order valence-electron chi connectivity index (χ1n) is 3.28. The molecule has 2 rings (SSSR count). The number of hydrogen-bond acceptors (Lipinski definition) is 2. The van der Waals surface area contributed by atoms with E-state index in [1.165, 1.54) is 0 Å². The summed E-state index contributed by atoms with van der Waals surface area (Å²) in [6.45, 7) is 0. The number of hydrogen-bond donors (Lipinski definition) is 1. The van der Waals surface area contributed by atoms with Crippen LogP contribution in [0.5, 0.6) is 0 Å². The molecule has 0 amide bonds. The van der Waals surface area contributed by atoms with E-state index in [1.54, 1.807) is 12.3 Å². The highest BCUT2D eigenvalue weighted by molar-refractivity contribution is 5.77. The third kappa shape index (κ3) is 0.756. The molecule has 0 fully saturated rings. The van der Waals surface area contributed by atoms with E-state index in [9.17, 15) is 4.79 Å². The Hall–Kier alpha value is -1.58. The molecule has 0 bridgehead atoms. The van der Waals surface area contributed by atoms with E-state index in [4.69, 9.17) is 0 Å². The van der Waals surface area contributed by atoms with Crippen molar-refractivity contribution in [3.63, 3.8) is 0 Å². The van der Waals surface area contributed by atoms with Gasteiger partial charge in [0, 0.05) is 13.2 Å². The van der Waals surface area contributed by atoms with E-state index >= 15 is 0 Å². The lowest BCUT2D eigenvalue weighted by Gasteiger charge is -1.91. The predicted molar refractivity (Wildman–Crippen MR) is 41.3 cm³/mol. The molecule has 56 valence electrons. The van der Waals surface area contributed by atoms with Crippen molar-refractivity contribution in [1.82, 2.24) is 14.8 Å². The van der Waals surface area contributed by atoms with Crippen LogP contribution < -0.4 is 5.56 Å². The van der Waals surface area contributed by atoms with Gasteiger partial charge in [0.05, 0.1) is 17.1 Å². The van der Waals surface area contributed by atoms with Gasteiger partial charge in [-0.3, -0.25) is 4.79 Å². The molecule has 0 spiro atoms. The van der Waals surface area contributed by atoms with Crippen LogP contribution in [0.2, 0.25) is 0 Å². The molecule has 0 radical (unpaired) electrons. The lowest BCUT2D eigenvalue weighted by molar-refractivity contribution is 0.945. The minimum Gasteiger partial charge on any atom is -0.349 e. The van der Waals surface area contributed by atoms with Gasteiger partial charge in [-0.15, -0.1) is 0 Å². The van der Waals surface area contributed by atoms with Gasteiger partial charge in [-0.2, -0.15) is 5.10 Å². The zero-order chi connectivity index (χ0) is 7.84. The summed E-state index contributed by atoms with van der Waals surface area (Å²) in [5, 5.41) is 6.74. The van der Waals surface area contributed by atoms with Crippen LogP contribution in [0.1, 0.15) is 0 Å². The Morgan fingerprint density at radius 1 is 1.64 bits per heavy atom. The molecule has 4 heteroatoms. The van der Waals surface area contributed by atoms with Crippen LogP contribution in [0.3, 0.4) is 0 Å². The van der Waals surface area contributed by atoms with Gasteiger partial charge in [0.1, 0.15) is 0 Å². The molecule has 2 aromatic heterocycles. The first kappa shape index (κ1) is 6.15. The van der Waals surface area contributed by atoms with Gasteiger partial charge >= 0.3 is 0 Å². The van der Waals surface area contributed by atoms with Crippen molar-refractivity contribution in [1.29, 1.82) is 0 Å². The number of aryl methyl sites for hydroxylation is 1. The molecule has 2 aromatic rings. The van der Waals surface area contributed by atoms with Gasteiger partial charge in [0.25, 0.3) is 5.56 Å². The minimum atomic E-state index is -0.136. The van der Waals surface area contributed by atoms with E-state index in [-0.39, 0.29) is 5.56 Å². The number of nitrogens with one attached hydrogen (secondary N) is 1. The van der Waals surface area contributed by atoms with Crippen molar-refractivity contribution in [3.05, 3.63) is 28.8 Å². The Bertz CT molecular complexity index is 440. The molecule has 0 atom stereocenters. The molecule has 2 heterocycles. The second-order valence-electron chi connectivity index (χ2n) is 2.42. The van der Waals surface area contributed by atoms with Gasteiger partial charge in [-0.05, 0) is 6.07 Å². The van der Waals surface area contributed by atoms with Gasteiger partial charge in [0.2, 0.25) is 0 Å². The first-order chi connectivity index (χ1) is 5.29. The quantitative estimate of drug-likeness (QED) is 0.584. The Labute approximate surface area is 62.5 Å².